The smallest absolute Gasteiger partial charge is 0.269 e. The van der Waals surface area contributed by atoms with E-state index in [1.54, 1.807) is 29.5 Å². The monoisotopic (exact) mass is 375 g/mol. The average Bonchev–Trinajstić information content (AvgIpc) is 3.14. The van der Waals surface area contributed by atoms with Gasteiger partial charge in [-0.3, -0.25) is 4.79 Å². The van der Waals surface area contributed by atoms with Crippen molar-refractivity contribution < 1.29 is 4.79 Å². The molecular weight excluding hydrogens is 365 g/mol. The topological polar surface area (TPSA) is 57.8 Å². The van der Waals surface area contributed by atoms with E-state index in [0.29, 0.717) is 22.3 Å². The van der Waals surface area contributed by atoms with E-state index in [2.05, 4.69) is 15.3 Å². The molecule has 4 nitrogen and oxygen atoms in total. The van der Waals surface area contributed by atoms with E-state index in [-0.39, 0.29) is 5.91 Å². The highest BCUT2D eigenvalue weighted by atomic mass is 35.5. The molecule has 2 aromatic heterocycles. The Hall–Kier alpha value is -2.08. The highest BCUT2D eigenvalue weighted by Gasteiger charge is 2.17. The third-order valence-corrected chi connectivity index (χ3v) is 5.33. The summed E-state index contributed by atoms with van der Waals surface area (Å²) in [5.41, 5.74) is 2.04. The van der Waals surface area contributed by atoms with Crippen LogP contribution in [0.2, 0.25) is 10.0 Å². The maximum absolute atomic E-state index is 12.4. The Balaban J connectivity index is 1.56. The van der Waals surface area contributed by atoms with Gasteiger partial charge in [0.2, 0.25) is 0 Å². The van der Waals surface area contributed by atoms with Gasteiger partial charge in [-0.1, -0.05) is 35.3 Å². The molecule has 0 bridgehead atoms. The van der Waals surface area contributed by atoms with Crippen molar-refractivity contribution >= 4 is 61.6 Å². The number of amides is 1. The summed E-state index contributed by atoms with van der Waals surface area (Å²) in [6, 6.07) is 13.2. The fourth-order valence-electron chi connectivity index (χ4n) is 2.53. The molecular formula is C17H11Cl2N3OS. The Bertz CT molecular complexity index is 1040. The van der Waals surface area contributed by atoms with Crippen molar-refractivity contribution in [2.75, 3.05) is 0 Å². The van der Waals surface area contributed by atoms with Crippen molar-refractivity contribution in [1.29, 1.82) is 0 Å². The van der Waals surface area contributed by atoms with E-state index < -0.39 is 0 Å². The molecule has 2 heterocycles. The first-order valence-electron chi connectivity index (χ1n) is 7.21. The van der Waals surface area contributed by atoms with E-state index in [0.717, 1.165) is 26.1 Å². The molecule has 0 radical (unpaired) electrons. The highest BCUT2D eigenvalue weighted by Crippen LogP contribution is 2.29. The summed E-state index contributed by atoms with van der Waals surface area (Å²) in [5.74, 6) is -0.272. The number of hydrogen-bond acceptors (Lipinski definition) is 3. The van der Waals surface area contributed by atoms with Gasteiger partial charge in [0.1, 0.15) is 10.7 Å². The molecule has 0 saturated heterocycles. The summed E-state index contributed by atoms with van der Waals surface area (Å²) in [4.78, 5) is 20.0. The van der Waals surface area contributed by atoms with Gasteiger partial charge in [0, 0.05) is 15.9 Å². The number of rotatable bonds is 3. The molecule has 0 aliphatic carbocycles. The van der Waals surface area contributed by atoms with Gasteiger partial charge in [-0.2, -0.15) is 0 Å². The van der Waals surface area contributed by atoms with Crippen LogP contribution in [0.1, 0.15) is 15.5 Å². The number of aromatic amines is 1. The molecule has 120 valence electrons. The largest absolute Gasteiger partial charge is 0.349 e. The van der Waals surface area contributed by atoms with Gasteiger partial charge in [-0.05, 0) is 30.3 Å². The lowest BCUT2D eigenvalue weighted by Gasteiger charge is -2.01. The number of benzene rings is 2. The summed E-state index contributed by atoms with van der Waals surface area (Å²) in [5, 5.41) is 5.37. The molecule has 0 spiro atoms. The quantitative estimate of drug-likeness (QED) is 0.528. The lowest BCUT2D eigenvalue weighted by molar-refractivity contribution is 0.0947. The Morgan fingerprint density at radius 1 is 1.21 bits per heavy atom. The second-order valence-electron chi connectivity index (χ2n) is 5.26. The van der Waals surface area contributed by atoms with Gasteiger partial charge in [0.05, 0.1) is 21.8 Å². The number of carbonyl (C=O) groups excluding carboxylic acids is 1. The lowest BCUT2D eigenvalue weighted by atomic mass is 10.2. The molecule has 2 aromatic carbocycles. The molecule has 0 unspecified atom stereocenters. The Morgan fingerprint density at radius 3 is 2.88 bits per heavy atom. The Morgan fingerprint density at radius 2 is 2.04 bits per heavy atom. The zero-order chi connectivity index (χ0) is 16.7. The minimum absolute atomic E-state index is 0.272. The zero-order valence-electron chi connectivity index (χ0n) is 12.3. The van der Waals surface area contributed by atoms with E-state index in [1.165, 1.54) is 0 Å². The highest BCUT2D eigenvalue weighted by molar-refractivity contribution is 7.18. The molecule has 1 amide bonds. The fraction of sp³-hybridized carbons (Fsp3) is 0.0588. The van der Waals surface area contributed by atoms with Crippen molar-refractivity contribution in [2.24, 2.45) is 0 Å². The van der Waals surface area contributed by atoms with E-state index in [4.69, 9.17) is 23.2 Å². The van der Waals surface area contributed by atoms with Crippen molar-refractivity contribution in [3.8, 4) is 0 Å². The third kappa shape index (κ3) is 2.75. The number of H-pyrrole nitrogens is 1. The standard InChI is InChI=1S/C17H11Cl2N3OS/c18-9-5-6-11-10(7-9)15(19)16(22-11)17(23)20-8-14-21-12-3-1-2-4-13(12)24-14/h1-7,22H,8H2,(H,20,23). The summed E-state index contributed by atoms with van der Waals surface area (Å²) in [6.45, 7) is 0.352. The second-order valence-corrected chi connectivity index (χ2v) is 7.19. The number of carbonyl (C=O) groups is 1. The lowest BCUT2D eigenvalue weighted by Crippen LogP contribution is -2.23. The normalized spacial score (nSPS) is 11.2. The van der Waals surface area contributed by atoms with Crippen molar-refractivity contribution in [3.63, 3.8) is 0 Å². The van der Waals surface area contributed by atoms with E-state index in [1.807, 2.05) is 24.3 Å². The number of fused-ring (bicyclic) bond motifs is 2. The number of nitrogens with one attached hydrogen (secondary N) is 2. The SMILES string of the molecule is O=C(NCc1nc2ccccc2s1)c1[nH]c2ccc(Cl)cc2c1Cl. The third-order valence-electron chi connectivity index (χ3n) is 3.66. The molecule has 7 heteroatoms. The van der Waals surface area contributed by atoms with Gasteiger partial charge in [0.25, 0.3) is 5.91 Å². The van der Waals surface area contributed by atoms with Crippen LogP contribution in [0.3, 0.4) is 0 Å². The minimum atomic E-state index is -0.272. The summed E-state index contributed by atoms with van der Waals surface area (Å²) < 4.78 is 1.10. The zero-order valence-corrected chi connectivity index (χ0v) is 14.6. The van der Waals surface area contributed by atoms with Crippen LogP contribution in [0, 0.1) is 0 Å². The fourth-order valence-corrected chi connectivity index (χ4v) is 3.90. The number of hydrogen-bond donors (Lipinski definition) is 2. The molecule has 0 atom stereocenters. The maximum atomic E-state index is 12.4. The van der Waals surface area contributed by atoms with Crippen LogP contribution in [-0.2, 0) is 6.54 Å². The van der Waals surface area contributed by atoms with Crippen LogP contribution in [0.15, 0.2) is 42.5 Å². The van der Waals surface area contributed by atoms with Crippen LogP contribution < -0.4 is 5.32 Å². The van der Waals surface area contributed by atoms with Crippen molar-refractivity contribution in [2.45, 2.75) is 6.54 Å². The van der Waals surface area contributed by atoms with Gasteiger partial charge in [-0.15, -0.1) is 11.3 Å². The molecule has 0 aliphatic rings. The number of aromatic nitrogens is 2. The minimum Gasteiger partial charge on any atom is -0.349 e. The summed E-state index contributed by atoms with van der Waals surface area (Å²) in [6.07, 6.45) is 0. The van der Waals surface area contributed by atoms with Gasteiger partial charge in [0.15, 0.2) is 0 Å². The van der Waals surface area contributed by atoms with Crippen molar-refractivity contribution in [1.82, 2.24) is 15.3 Å². The van der Waals surface area contributed by atoms with Crippen LogP contribution in [0.25, 0.3) is 21.1 Å². The maximum Gasteiger partial charge on any atom is 0.269 e. The molecule has 4 aromatic rings. The van der Waals surface area contributed by atoms with Gasteiger partial charge >= 0.3 is 0 Å². The number of nitrogens with zero attached hydrogens (tertiary/aromatic N) is 1. The molecule has 24 heavy (non-hydrogen) atoms. The van der Waals surface area contributed by atoms with Crippen LogP contribution in [0.5, 0.6) is 0 Å². The summed E-state index contributed by atoms with van der Waals surface area (Å²) in [7, 11) is 0. The molecule has 2 N–H and O–H groups in total. The first-order valence-corrected chi connectivity index (χ1v) is 8.78. The van der Waals surface area contributed by atoms with Crippen LogP contribution in [0.4, 0.5) is 0 Å². The average molecular weight is 376 g/mol. The number of thiazole rings is 1. The molecule has 0 fully saturated rings. The molecule has 0 aliphatic heterocycles. The Labute approximate surface area is 151 Å². The molecule has 4 rings (SSSR count). The predicted molar refractivity (Wildman–Crippen MR) is 99.1 cm³/mol. The first-order chi connectivity index (χ1) is 11.6. The van der Waals surface area contributed by atoms with E-state index in [9.17, 15) is 4.79 Å². The van der Waals surface area contributed by atoms with Gasteiger partial charge in [-0.25, -0.2) is 4.98 Å². The van der Waals surface area contributed by atoms with Crippen LogP contribution in [-0.4, -0.2) is 15.9 Å². The van der Waals surface area contributed by atoms with Crippen LogP contribution >= 0.6 is 34.5 Å². The van der Waals surface area contributed by atoms with Crippen molar-refractivity contribution in [3.05, 3.63) is 63.2 Å². The first kappa shape index (κ1) is 15.4. The molecule has 0 saturated carbocycles. The predicted octanol–water partition coefficient (Wildman–Crippen LogP) is 5.01. The van der Waals surface area contributed by atoms with E-state index >= 15 is 0 Å². The number of halogens is 2. The second kappa shape index (κ2) is 6.09. The summed E-state index contributed by atoms with van der Waals surface area (Å²) >= 11 is 13.8. The van der Waals surface area contributed by atoms with Gasteiger partial charge < -0.3 is 10.3 Å². The Kier molecular flexibility index (Phi) is 3.92. The number of para-hydroxylation sites is 1.